The van der Waals surface area contributed by atoms with Crippen LogP contribution in [-0.4, -0.2) is 39.7 Å². The number of nitrogen functional groups attached to an aromatic ring is 1. The predicted molar refractivity (Wildman–Crippen MR) is 108 cm³/mol. The van der Waals surface area contributed by atoms with Crippen LogP contribution < -0.4 is 20.7 Å². The van der Waals surface area contributed by atoms with Crippen molar-refractivity contribution < 1.29 is 13.9 Å². The molecule has 0 radical (unpaired) electrons. The Balaban J connectivity index is 1.92. The van der Waals surface area contributed by atoms with Gasteiger partial charge in [-0.3, -0.25) is 4.79 Å². The van der Waals surface area contributed by atoms with Gasteiger partial charge in [0.25, 0.3) is 5.91 Å². The summed E-state index contributed by atoms with van der Waals surface area (Å²) in [6, 6.07) is 6.37. The van der Waals surface area contributed by atoms with Gasteiger partial charge in [0.1, 0.15) is 35.1 Å². The SMILES string of the molecule is CCN1Cc2c(ccc(F)c2C#N)O[C@H](C)CNC(=O)c2c(N)nn3ccc1nc23. The van der Waals surface area contributed by atoms with Gasteiger partial charge in [0.2, 0.25) is 0 Å². The average molecular weight is 409 g/mol. The summed E-state index contributed by atoms with van der Waals surface area (Å²) < 4.78 is 21.7. The Morgan fingerprint density at radius 1 is 1.43 bits per heavy atom. The number of nitrogens with two attached hydrogens (primary N) is 1. The van der Waals surface area contributed by atoms with Crippen LogP contribution in [0.25, 0.3) is 5.65 Å². The summed E-state index contributed by atoms with van der Waals surface area (Å²) in [5.74, 6) is -0.0422. The van der Waals surface area contributed by atoms with Crippen LogP contribution >= 0.6 is 0 Å². The van der Waals surface area contributed by atoms with E-state index in [0.29, 0.717) is 29.3 Å². The van der Waals surface area contributed by atoms with E-state index in [9.17, 15) is 14.4 Å². The molecule has 2 bridgehead atoms. The van der Waals surface area contributed by atoms with Gasteiger partial charge in [-0.25, -0.2) is 13.9 Å². The highest BCUT2D eigenvalue weighted by atomic mass is 19.1. The summed E-state index contributed by atoms with van der Waals surface area (Å²) in [6.07, 6.45) is 1.22. The van der Waals surface area contributed by atoms with E-state index in [0.717, 1.165) is 0 Å². The maximum absolute atomic E-state index is 14.3. The molecule has 0 unspecified atom stereocenters. The summed E-state index contributed by atoms with van der Waals surface area (Å²) in [5, 5.41) is 16.5. The number of benzene rings is 1. The number of fused-ring (bicyclic) bond motifs is 2. The second-order valence-corrected chi connectivity index (χ2v) is 6.98. The molecule has 3 N–H and O–H groups in total. The van der Waals surface area contributed by atoms with Gasteiger partial charge in [-0.05, 0) is 32.0 Å². The zero-order valence-corrected chi connectivity index (χ0v) is 16.5. The molecule has 1 atom stereocenters. The highest BCUT2D eigenvalue weighted by Crippen LogP contribution is 2.29. The normalized spacial score (nSPS) is 16.7. The Morgan fingerprint density at radius 2 is 2.23 bits per heavy atom. The predicted octanol–water partition coefficient (Wildman–Crippen LogP) is 1.86. The molecule has 1 aromatic carbocycles. The first-order chi connectivity index (χ1) is 14.4. The van der Waals surface area contributed by atoms with Gasteiger partial charge in [0, 0.05) is 24.8 Å². The Bertz CT molecular complexity index is 1180. The van der Waals surface area contributed by atoms with Crippen molar-refractivity contribution in [3.8, 4) is 11.8 Å². The van der Waals surface area contributed by atoms with E-state index in [4.69, 9.17) is 10.5 Å². The second kappa shape index (κ2) is 7.51. The minimum atomic E-state index is -0.615. The lowest BCUT2D eigenvalue weighted by Crippen LogP contribution is -2.34. The largest absolute Gasteiger partial charge is 0.488 e. The first kappa shape index (κ1) is 19.4. The van der Waals surface area contributed by atoms with Crippen LogP contribution in [0.15, 0.2) is 24.4 Å². The number of aromatic nitrogens is 3. The Labute approximate surface area is 171 Å². The molecule has 0 saturated carbocycles. The Hall–Kier alpha value is -3.87. The zero-order valence-electron chi connectivity index (χ0n) is 16.5. The molecule has 1 amide bonds. The molecule has 2 aromatic heterocycles. The number of carbonyl (C=O) groups excluding carboxylic acids is 1. The zero-order chi connectivity index (χ0) is 21.4. The lowest BCUT2D eigenvalue weighted by Gasteiger charge is -2.25. The monoisotopic (exact) mass is 409 g/mol. The van der Waals surface area contributed by atoms with Crippen molar-refractivity contribution in [3.63, 3.8) is 0 Å². The lowest BCUT2D eigenvalue weighted by molar-refractivity contribution is 0.0934. The molecule has 0 saturated heterocycles. The van der Waals surface area contributed by atoms with Crippen LogP contribution in [0, 0.1) is 17.1 Å². The molecular formula is C20H20FN7O2. The quantitative estimate of drug-likeness (QED) is 0.629. The summed E-state index contributed by atoms with van der Waals surface area (Å²) in [7, 11) is 0. The molecule has 0 aliphatic carbocycles. The smallest absolute Gasteiger partial charge is 0.259 e. The maximum Gasteiger partial charge on any atom is 0.259 e. The number of halogens is 1. The number of anilines is 2. The third kappa shape index (κ3) is 3.24. The molecule has 154 valence electrons. The second-order valence-electron chi connectivity index (χ2n) is 6.98. The molecule has 9 nitrogen and oxygen atoms in total. The van der Waals surface area contributed by atoms with E-state index in [1.807, 2.05) is 17.9 Å². The van der Waals surface area contributed by atoms with Crippen molar-refractivity contribution in [1.82, 2.24) is 19.9 Å². The standard InChI is InChI=1S/C20H20FN7O2/c1-3-27-10-13-12(8-22)14(21)4-5-15(13)30-11(2)9-24-20(29)17-18(23)26-28-7-6-16(27)25-19(17)28/h4-7,11H,3,9-10H2,1-2H3,(H2,23,26)(H,24,29)/t11-/m1/s1. The summed E-state index contributed by atoms with van der Waals surface area (Å²) in [5.41, 5.74) is 6.81. The first-order valence-corrected chi connectivity index (χ1v) is 9.49. The Morgan fingerprint density at radius 3 is 2.97 bits per heavy atom. The van der Waals surface area contributed by atoms with Gasteiger partial charge in [0.05, 0.1) is 12.1 Å². The van der Waals surface area contributed by atoms with Crippen LogP contribution in [-0.2, 0) is 6.54 Å². The van der Waals surface area contributed by atoms with E-state index in [-0.39, 0.29) is 30.0 Å². The lowest BCUT2D eigenvalue weighted by atomic mass is 10.1. The fourth-order valence-corrected chi connectivity index (χ4v) is 3.45. The minimum Gasteiger partial charge on any atom is -0.488 e. The molecule has 1 aliphatic rings. The highest BCUT2D eigenvalue weighted by Gasteiger charge is 2.24. The maximum atomic E-state index is 14.3. The van der Waals surface area contributed by atoms with E-state index in [2.05, 4.69) is 15.4 Å². The van der Waals surface area contributed by atoms with Crippen LogP contribution in [0.2, 0.25) is 0 Å². The van der Waals surface area contributed by atoms with Crippen LogP contribution in [0.4, 0.5) is 16.0 Å². The third-order valence-electron chi connectivity index (χ3n) is 4.99. The number of nitriles is 1. The van der Waals surface area contributed by atoms with Crippen molar-refractivity contribution in [2.75, 3.05) is 23.7 Å². The van der Waals surface area contributed by atoms with Gasteiger partial charge >= 0.3 is 0 Å². The number of hydrogen-bond donors (Lipinski definition) is 2. The molecule has 0 spiro atoms. The number of amides is 1. The van der Waals surface area contributed by atoms with E-state index in [1.54, 1.807) is 19.2 Å². The van der Waals surface area contributed by atoms with Gasteiger partial charge < -0.3 is 20.7 Å². The Kier molecular flexibility index (Phi) is 4.87. The van der Waals surface area contributed by atoms with Gasteiger partial charge in [0.15, 0.2) is 11.5 Å². The minimum absolute atomic E-state index is 0.0702. The fourth-order valence-electron chi connectivity index (χ4n) is 3.45. The molecule has 0 fully saturated rings. The van der Waals surface area contributed by atoms with Crippen molar-refractivity contribution in [2.45, 2.75) is 26.5 Å². The number of rotatable bonds is 1. The molecule has 1 aliphatic heterocycles. The first-order valence-electron chi connectivity index (χ1n) is 9.49. The molecule has 10 heteroatoms. The van der Waals surface area contributed by atoms with Gasteiger partial charge in [-0.2, -0.15) is 5.26 Å². The van der Waals surface area contributed by atoms with E-state index >= 15 is 0 Å². The summed E-state index contributed by atoms with van der Waals surface area (Å²) in [6.45, 7) is 4.57. The topological polar surface area (TPSA) is 122 Å². The average Bonchev–Trinajstić information content (AvgIpc) is 3.06. The fraction of sp³-hybridized carbons (Fsp3) is 0.300. The van der Waals surface area contributed by atoms with E-state index < -0.39 is 17.8 Å². The van der Waals surface area contributed by atoms with Crippen LogP contribution in [0.5, 0.6) is 5.75 Å². The number of ether oxygens (including phenoxy) is 1. The molecule has 4 rings (SSSR count). The van der Waals surface area contributed by atoms with E-state index in [1.165, 1.54) is 16.6 Å². The molecule has 3 heterocycles. The van der Waals surface area contributed by atoms with Crippen molar-refractivity contribution in [3.05, 3.63) is 46.9 Å². The highest BCUT2D eigenvalue weighted by molar-refractivity contribution is 6.04. The van der Waals surface area contributed by atoms with Crippen molar-refractivity contribution in [1.29, 1.82) is 5.26 Å². The summed E-state index contributed by atoms with van der Waals surface area (Å²) >= 11 is 0. The number of nitrogens with zero attached hydrogens (tertiary/aromatic N) is 5. The number of carbonyl (C=O) groups is 1. The summed E-state index contributed by atoms with van der Waals surface area (Å²) in [4.78, 5) is 19.2. The van der Waals surface area contributed by atoms with Crippen molar-refractivity contribution in [2.24, 2.45) is 0 Å². The number of nitrogens with one attached hydrogen (secondary N) is 1. The molecule has 3 aromatic rings. The van der Waals surface area contributed by atoms with Gasteiger partial charge in [-0.15, -0.1) is 5.10 Å². The third-order valence-corrected chi connectivity index (χ3v) is 4.99. The van der Waals surface area contributed by atoms with Crippen LogP contribution in [0.1, 0.15) is 35.3 Å². The number of hydrogen-bond acceptors (Lipinski definition) is 7. The molecular weight excluding hydrogens is 389 g/mol. The van der Waals surface area contributed by atoms with Crippen molar-refractivity contribution >= 4 is 23.2 Å². The van der Waals surface area contributed by atoms with Gasteiger partial charge in [-0.1, -0.05) is 0 Å². The molecule has 30 heavy (non-hydrogen) atoms. The van der Waals surface area contributed by atoms with Crippen LogP contribution in [0.3, 0.4) is 0 Å².